The molecule has 3 heteroatoms. The van der Waals surface area contributed by atoms with Crippen LogP contribution in [0.25, 0.3) is 0 Å². The van der Waals surface area contributed by atoms with Crippen LogP contribution in [0.5, 0.6) is 0 Å². The molecule has 0 amide bonds. The molecule has 0 radical (unpaired) electrons. The van der Waals surface area contributed by atoms with Gasteiger partial charge in [0.2, 0.25) is 0 Å². The molecule has 0 aromatic rings. The largest absolute Gasteiger partial charge is 0.396 e. The van der Waals surface area contributed by atoms with Crippen molar-refractivity contribution in [2.75, 3.05) is 13.2 Å². The minimum absolute atomic E-state index is 0.133. The summed E-state index contributed by atoms with van der Waals surface area (Å²) in [5, 5.41) is 26.9. The third kappa shape index (κ3) is 2.43. The summed E-state index contributed by atoms with van der Waals surface area (Å²) in [5.41, 5.74) is 0. The van der Waals surface area contributed by atoms with E-state index in [4.69, 9.17) is 10.2 Å². The molecule has 1 fully saturated rings. The average molecular weight is 160 g/mol. The summed E-state index contributed by atoms with van der Waals surface area (Å²) < 4.78 is 0. The second-order valence-electron chi connectivity index (χ2n) is 3.46. The van der Waals surface area contributed by atoms with Crippen molar-refractivity contribution in [3.05, 3.63) is 0 Å². The van der Waals surface area contributed by atoms with Gasteiger partial charge in [0, 0.05) is 13.2 Å². The normalized spacial score (nSPS) is 39.0. The van der Waals surface area contributed by atoms with Crippen molar-refractivity contribution >= 4 is 0 Å². The Kier molecular flexibility index (Phi) is 3.30. The Morgan fingerprint density at radius 2 is 1.36 bits per heavy atom. The van der Waals surface area contributed by atoms with Gasteiger partial charge in [0.05, 0.1) is 6.10 Å². The van der Waals surface area contributed by atoms with Gasteiger partial charge in [0.25, 0.3) is 0 Å². The lowest BCUT2D eigenvalue weighted by molar-refractivity contribution is 0.0290. The van der Waals surface area contributed by atoms with Crippen LogP contribution in [0.3, 0.4) is 0 Å². The van der Waals surface area contributed by atoms with Gasteiger partial charge in [-0.1, -0.05) is 0 Å². The van der Waals surface area contributed by atoms with Crippen LogP contribution in [-0.2, 0) is 0 Å². The molecule has 66 valence electrons. The maximum Gasteiger partial charge on any atom is 0.0547 e. The molecule has 0 heterocycles. The maximum atomic E-state index is 9.29. The predicted octanol–water partition coefficient (Wildman–Crippen LogP) is -0.252. The van der Waals surface area contributed by atoms with E-state index in [9.17, 15) is 5.11 Å². The zero-order valence-corrected chi connectivity index (χ0v) is 6.61. The summed E-state index contributed by atoms with van der Waals surface area (Å²) in [6.07, 6.45) is 1.90. The standard InChI is InChI=1S/C8H16O3/c9-4-6-1-7(5-10)3-8(11)2-6/h6-11H,1-5H2/t6-,7?,8-/m1/s1. The lowest BCUT2D eigenvalue weighted by atomic mass is 9.80. The summed E-state index contributed by atoms with van der Waals surface area (Å²) in [6.45, 7) is 0.265. The van der Waals surface area contributed by atoms with E-state index in [2.05, 4.69) is 0 Å². The van der Waals surface area contributed by atoms with Crippen LogP contribution in [0.2, 0.25) is 0 Å². The molecule has 3 N–H and O–H groups in total. The molecule has 0 bridgehead atoms. The van der Waals surface area contributed by atoms with Crippen molar-refractivity contribution in [1.29, 1.82) is 0 Å². The second-order valence-corrected chi connectivity index (χ2v) is 3.46. The summed E-state index contributed by atoms with van der Waals surface area (Å²) >= 11 is 0. The number of rotatable bonds is 2. The molecule has 0 saturated heterocycles. The van der Waals surface area contributed by atoms with Crippen LogP contribution < -0.4 is 0 Å². The molecule has 1 unspecified atom stereocenters. The first kappa shape index (κ1) is 8.97. The number of aliphatic hydroxyl groups is 3. The van der Waals surface area contributed by atoms with Crippen LogP contribution in [0, 0.1) is 11.8 Å². The van der Waals surface area contributed by atoms with E-state index in [-0.39, 0.29) is 31.2 Å². The van der Waals surface area contributed by atoms with Crippen molar-refractivity contribution in [2.45, 2.75) is 25.4 Å². The maximum absolute atomic E-state index is 9.29. The van der Waals surface area contributed by atoms with Gasteiger partial charge >= 0.3 is 0 Å². The molecule has 0 spiro atoms. The molecule has 1 aliphatic carbocycles. The minimum atomic E-state index is -0.321. The molecule has 0 aromatic carbocycles. The van der Waals surface area contributed by atoms with E-state index in [0.29, 0.717) is 12.8 Å². The van der Waals surface area contributed by atoms with E-state index in [1.165, 1.54) is 0 Å². The van der Waals surface area contributed by atoms with Gasteiger partial charge in [-0.15, -0.1) is 0 Å². The van der Waals surface area contributed by atoms with Crippen molar-refractivity contribution < 1.29 is 15.3 Å². The first-order valence-corrected chi connectivity index (χ1v) is 4.16. The van der Waals surface area contributed by atoms with Gasteiger partial charge in [-0.3, -0.25) is 0 Å². The Balaban J connectivity index is 2.37. The third-order valence-electron chi connectivity index (χ3n) is 2.39. The molecule has 1 saturated carbocycles. The zero-order chi connectivity index (χ0) is 8.27. The van der Waals surface area contributed by atoms with Gasteiger partial charge in [-0.05, 0) is 31.1 Å². The molecule has 3 atom stereocenters. The molecule has 11 heavy (non-hydrogen) atoms. The van der Waals surface area contributed by atoms with E-state index in [1.807, 2.05) is 0 Å². The first-order chi connectivity index (χ1) is 5.26. The van der Waals surface area contributed by atoms with Crippen LogP contribution >= 0.6 is 0 Å². The molecule has 0 aliphatic heterocycles. The fourth-order valence-corrected chi connectivity index (χ4v) is 1.83. The van der Waals surface area contributed by atoms with E-state index < -0.39 is 0 Å². The Bertz CT molecular complexity index is 104. The van der Waals surface area contributed by atoms with Gasteiger partial charge in [0.1, 0.15) is 0 Å². The highest BCUT2D eigenvalue weighted by molar-refractivity contribution is 4.77. The Labute approximate surface area is 66.7 Å². The Morgan fingerprint density at radius 3 is 1.73 bits per heavy atom. The molecule has 3 nitrogen and oxygen atoms in total. The van der Waals surface area contributed by atoms with Gasteiger partial charge < -0.3 is 15.3 Å². The third-order valence-corrected chi connectivity index (χ3v) is 2.39. The molecule has 1 aliphatic rings. The van der Waals surface area contributed by atoms with E-state index >= 15 is 0 Å². The topological polar surface area (TPSA) is 60.7 Å². The summed E-state index contributed by atoms with van der Waals surface area (Å²) in [4.78, 5) is 0. The fourth-order valence-electron chi connectivity index (χ4n) is 1.83. The van der Waals surface area contributed by atoms with Gasteiger partial charge in [-0.2, -0.15) is 0 Å². The predicted molar refractivity (Wildman–Crippen MR) is 41.0 cm³/mol. The second kappa shape index (κ2) is 4.04. The lowest BCUT2D eigenvalue weighted by Gasteiger charge is -2.30. The SMILES string of the molecule is OCC1C[C@H](O)C[C@H](CO)C1. The highest BCUT2D eigenvalue weighted by atomic mass is 16.3. The zero-order valence-electron chi connectivity index (χ0n) is 6.61. The number of hydrogen-bond acceptors (Lipinski definition) is 3. The van der Waals surface area contributed by atoms with Crippen molar-refractivity contribution in [2.24, 2.45) is 11.8 Å². The Morgan fingerprint density at radius 1 is 0.909 bits per heavy atom. The highest BCUT2D eigenvalue weighted by Gasteiger charge is 2.26. The van der Waals surface area contributed by atoms with Crippen molar-refractivity contribution in [1.82, 2.24) is 0 Å². The Hall–Kier alpha value is -0.120. The lowest BCUT2D eigenvalue weighted by Crippen LogP contribution is -2.29. The van der Waals surface area contributed by atoms with Gasteiger partial charge in [0.15, 0.2) is 0 Å². The monoisotopic (exact) mass is 160 g/mol. The number of aliphatic hydroxyl groups excluding tert-OH is 3. The van der Waals surface area contributed by atoms with Crippen LogP contribution in [-0.4, -0.2) is 34.6 Å². The summed E-state index contributed by atoms with van der Waals surface area (Å²) in [6, 6.07) is 0. The first-order valence-electron chi connectivity index (χ1n) is 4.16. The smallest absolute Gasteiger partial charge is 0.0547 e. The highest BCUT2D eigenvalue weighted by Crippen LogP contribution is 2.28. The molecule has 0 aromatic heterocycles. The van der Waals surface area contributed by atoms with E-state index in [0.717, 1.165) is 6.42 Å². The van der Waals surface area contributed by atoms with Gasteiger partial charge in [-0.25, -0.2) is 0 Å². The van der Waals surface area contributed by atoms with Crippen molar-refractivity contribution in [3.8, 4) is 0 Å². The molecular weight excluding hydrogens is 144 g/mol. The van der Waals surface area contributed by atoms with E-state index in [1.54, 1.807) is 0 Å². The fraction of sp³-hybridized carbons (Fsp3) is 1.00. The average Bonchev–Trinajstić information content (AvgIpc) is 2.03. The summed E-state index contributed by atoms with van der Waals surface area (Å²) in [5.74, 6) is 0.381. The van der Waals surface area contributed by atoms with Crippen LogP contribution in [0.1, 0.15) is 19.3 Å². The minimum Gasteiger partial charge on any atom is -0.396 e. The van der Waals surface area contributed by atoms with Crippen LogP contribution in [0.4, 0.5) is 0 Å². The molecular formula is C8H16O3. The quantitative estimate of drug-likeness (QED) is 0.522. The number of hydrogen-bond donors (Lipinski definition) is 3. The van der Waals surface area contributed by atoms with Crippen molar-refractivity contribution in [3.63, 3.8) is 0 Å². The van der Waals surface area contributed by atoms with Crippen LogP contribution in [0.15, 0.2) is 0 Å². The summed E-state index contributed by atoms with van der Waals surface area (Å²) in [7, 11) is 0. The molecule has 1 rings (SSSR count).